The van der Waals surface area contributed by atoms with Gasteiger partial charge >= 0.3 is 5.97 Å². The lowest BCUT2D eigenvalue weighted by Crippen LogP contribution is -2.58. The number of aliphatic carboxylic acids is 1. The van der Waals surface area contributed by atoms with Gasteiger partial charge in [0.1, 0.15) is 11.4 Å². The zero-order chi connectivity index (χ0) is 15.6. The van der Waals surface area contributed by atoms with Gasteiger partial charge < -0.3 is 15.2 Å². The third-order valence-corrected chi connectivity index (χ3v) is 4.07. The fraction of sp³-hybridized carbons (Fsp3) is 0.429. The van der Waals surface area contributed by atoms with Gasteiger partial charge in [-0.05, 0) is 24.6 Å². The summed E-state index contributed by atoms with van der Waals surface area (Å²) in [5, 5.41) is 12.1. The molecule has 1 saturated heterocycles. The lowest BCUT2D eigenvalue weighted by molar-refractivity contribution is -0.153. The third kappa shape index (κ3) is 3.08. The molecule has 0 spiro atoms. The first-order valence-electron chi connectivity index (χ1n) is 6.41. The summed E-state index contributed by atoms with van der Waals surface area (Å²) in [6.07, 6.45) is 0.196. The number of amides is 1. The minimum absolute atomic E-state index is 0.0864. The van der Waals surface area contributed by atoms with Crippen LogP contribution in [0.2, 0.25) is 0 Å². The monoisotopic (exact) mass is 359 g/mol. The fourth-order valence-electron chi connectivity index (χ4n) is 2.73. The number of ether oxygens (including phenoxy) is 1. The molecular formula is C14H15BrFNO4. The SMILES string of the molecule is CC(=O)N[C@@]1(c2cc(Br)ccc2F)COCC[C@H]1C(=O)O. The minimum Gasteiger partial charge on any atom is -0.481 e. The maximum absolute atomic E-state index is 14.3. The summed E-state index contributed by atoms with van der Waals surface area (Å²) < 4.78 is 20.2. The predicted octanol–water partition coefficient (Wildman–Crippen LogP) is 2.04. The zero-order valence-electron chi connectivity index (χ0n) is 11.4. The number of carboxylic acids is 1. The summed E-state index contributed by atoms with van der Waals surface area (Å²) in [4.78, 5) is 23.1. The molecule has 1 heterocycles. The number of rotatable bonds is 3. The van der Waals surface area contributed by atoms with E-state index in [1.165, 1.54) is 25.1 Å². The van der Waals surface area contributed by atoms with Crippen molar-refractivity contribution in [3.05, 3.63) is 34.1 Å². The van der Waals surface area contributed by atoms with E-state index in [1.54, 1.807) is 0 Å². The number of benzene rings is 1. The van der Waals surface area contributed by atoms with Gasteiger partial charge in [-0.15, -0.1) is 0 Å². The highest BCUT2D eigenvalue weighted by atomic mass is 79.9. The molecule has 114 valence electrons. The number of hydrogen-bond acceptors (Lipinski definition) is 3. The number of nitrogens with one attached hydrogen (secondary N) is 1. The van der Waals surface area contributed by atoms with Crippen molar-refractivity contribution in [3.63, 3.8) is 0 Å². The van der Waals surface area contributed by atoms with Crippen LogP contribution in [-0.4, -0.2) is 30.2 Å². The highest BCUT2D eigenvalue weighted by Crippen LogP contribution is 2.38. The molecule has 0 aromatic heterocycles. The normalized spacial score (nSPS) is 25.4. The number of carbonyl (C=O) groups excluding carboxylic acids is 1. The van der Waals surface area contributed by atoms with E-state index in [4.69, 9.17) is 4.74 Å². The first kappa shape index (κ1) is 15.9. The molecule has 0 radical (unpaired) electrons. The Kier molecular flexibility index (Phi) is 4.63. The number of hydrogen-bond donors (Lipinski definition) is 2. The topological polar surface area (TPSA) is 75.6 Å². The van der Waals surface area contributed by atoms with Crippen LogP contribution in [0.25, 0.3) is 0 Å². The van der Waals surface area contributed by atoms with Gasteiger partial charge in [0.2, 0.25) is 5.91 Å². The van der Waals surface area contributed by atoms with Crippen LogP contribution in [0.3, 0.4) is 0 Å². The molecule has 5 nitrogen and oxygen atoms in total. The average molecular weight is 360 g/mol. The van der Waals surface area contributed by atoms with Crippen LogP contribution in [0.5, 0.6) is 0 Å². The molecule has 2 atom stereocenters. The smallest absolute Gasteiger partial charge is 0.309 e. The first-order chi connectivity index (χ1) is 9.86. The summed E-state index contributed by atoms with van der Waals surface area (Å²) in [7, 11) is 0. The van der Waals surface area contributed by atoms with Crippen LogP contribution >= 0.6 is 15.9 Å². The Balaban J connectivity index is 2.62. The second kappa shape index (κ2) is 6.11. The number of halogens is 2. The van der Waals surface area contributed by atoms with E-state index in [9.17, 15) is 19.1 Å². The molecule has 0 aliphatic carbocycles. The Hall–Kier alpha value is -1.47. The summed E-state index contributed by atoms with van der Waals surface area (Å²) in [5.74, 6) is -3.07. The van der Waals surface area contributed by atoms with Crippen molar-refractivity contribution in [1.29, 1.82) is 0 Å². The van der Waals surface area contributed by atoms with E-state index in [0.29, 0.717) is 4.47 Å². The molecule has 1 fully saturated rings. The van der Waals surface area contributed by atoms with Crippen molar-refractivity contribution in [2.75, 3.05) is 13.2 Å². The van der Waals surface area contributed by atoms with Gasteiger partial charge in [0.05, 0.1) is 12.5 Å². The maximum atomic E-state index is 14.3. The number of carbonyl (C=O) groups is 2. The second-order valence-corrected chi connectivity index (χ2v) is 5.92. The Morgan fingerprint density at radius 3 is 2.86 bits per heavy atom. The van der Waals surface area contributed by atoms with Crippen molar-refractivity contribution in [1.82, 2.24) is 5.32 Å². The first-order valence-corrected chi connectivity index (χ1v) is 7.21. The molecule has 2 N–H and O–H groups in total. The number of carboxylic acid groups (broad SMARTS) is 1. The van der Waals surface area contributed by atoms with Crippen molar-refractivity contribution < 1.29 is 23.8 Å². The third-order valence-electron chi connectivity index (χ3n) is 3.58. The van der Waals surface area contributed by atoms with Gasteiger partial charge in [-0.2, -0.15) is 0 Å². The quantitative estimate of drug-likeness (QED) is 0.865. The zero-order valence-corrected chi connectivity index (χ0v) is 12.9. The van der Waals surface area contributed by atoms with Crippen molar-refractivity contribution in [2.45, 2.75) is 18.9 Å². The predicted molar refractivity (Wildman–Crippen MR) is 76.2 cm³/mol. The molecular weight excluding hydrogens is 345 g/mol. The van der Waals surface area contributed by atoms with E-state index in [1.807, 2.05) is 0 Å². The molecule has 2 rings (SSSR count). The van der Waals surface area contributed by atoms with Gasteiger partial charge in [0, 0.05) is 23.6 Å². The Labute approximate surface area is 129 Å². The van der Waals surface area contributed by atoms with E-state index in [2.05, 4.69) is 21.2 Å². The average Bonchev–Trinajstić information content (AvgIpc) is 2.41. The fourth-order valence-corrected chi connectivity index (χ4v) is 3.09. The molecule has 0 bridgehead atoms. The highest BCUT2D eigenvalue weighted by Gasteiger charge is 2.49. The van der Waals surface area contributed by atoms with Gasteiger partial charge in [0.15, 0.2) is 0 Å². The molecule has 7 heteroatoms. The molecule has 0 saturated carbocycles. The minimum atomic E-state index is -1.41. The van der Waals surface area contributed by atoms with E-state index < -0.39 is 29.2 Å². The lowest BCUT2D eigenvalue weighted by atomic mass is 9.75. The Morgan fingerprint density at radius 2 is 2.24 bits per heavy atom. The summed E-state index contributed by atoms with van der Waals surface area (Å²) in [6, 6.07) is 4.23. The molecule has 1 aliphatic rings. The summed E-state index contributed by atoms with van der Waals surface area (Å²) in [5.41, 5.74) is -1.30. The molecule has 21 heavy (non-hydrogen) atoms. The van der Waals surface area contributed by atoms with Crippen LogP contribution in [0, 0.1) is 11.7 Å². The summed E-state index contributed by atoms with van der Waals surface area (Å²) >= 11 is 3.24. The molecule has 1 aromatic carbocycles. The van der Waals surface area contributed by atoms with E-state index in [-0.39, 0.29) is 25.2 Å². The van der Waals surface area contributed by atoms with Crippen LogP contribution in [0.15, 0.2) is 22.7 Å². The van der Waals surface area contributed by atoms with Crippen molar-refractivity contribution >= 4 is 27.8 Å². The molecule has 1 amide bonds. The van der Waals surface area contributed by atoms with E-state index in [0.717, 1.165) is 0 Å². The van der Waals surface area contributed by atoms with Gasteiger partial charge in [-0.3, -0.25) is 9.59 Å². The second-order valence-electron chi connectivity index (χ2n) is 5.01. The molecule has 1 aromatic rings. The van der Waals surface area contributed by atoms with Gasteiger partial charge in [0.25, 0.3) is 0 Å². The van der Waals surface area contributed by atoms with E-state index >= 15 is 0 Å². The maximum Gasteiger partial charge on any atom is 0.309 e. The molecule has 0 unspecified atom stereocenters. The van der Waals surface area contributed by atoms with Crippen LogP contribution in [0.1, 0.15) is 18.9 Å². The van der Waals surface area contributed by atoms with Crippen LogP contribution in [-0.2, 0) is 19.9 Å². The molecule has 1 aliphatic heterocycles. The van der Waals surface area contributed by atoms with Crippen LogP contribution in [0.4, 0.5) is 4.39 Å². The standard InChI is InChI=1S/C14H15BrFNO4/c1-8(18)17-14(7-21-5-4-10(14)13(19)20)11-6-9(15)2-3-12(11)16/h2-3,6,10H,4-5,7H2,1H3,(H,17,18)(H,19,20)/t10-,14-/m0/s1. The lowest BCUT2D eigenvalue weighted by Gasteiger charge is -2.42. The van der Waals surface area contributed by atoms with Gasteiger partial charge in [-0.25, -0.2) is 4.39 Å². The Morgan fingerprint density at radius 1 is 1.52 bits per heavy atom. The van der Waals surface area contributed by atoms with Crippen LogP contribution < -0.4 is 5.32 Å². The van der Waals surface area contributed by atoms with Gasteiger partial charge in [-0.1, -0.05) is 15.9 Å². The largest absolute Gasteiger partial charge is 0.481 e. The summed E-state index contributed by atoms with van der Waals surface area (Å²) in [6.45, 7) is 1.44. The highest BCUT2D eigenvalue weighted by molar-refractivity contribution is 9.10. The van der Waals surface area contributed by atoms with Crippen molar-refractivity contribution in [2.24, 2.45) is 5.92 Å². The Bertz CT molecular complexity index is 580. The van der Waals surface area contributed by atoms with Crippen molar-refractivity contribution in [3.8, 4) is 0 Å².